The maximum Gasteiger partial charge on any atom is 0.404 e. The van der Waals surface area contributed by atoms with Crippen molar-refractivity contribution in [3.8, 4) is 0 Å². The van der Waals surface area contributed by atoms with E-state index in [0.29, 0.717) is 0 Å². The van der Waals surface area contributed by atoms with E-state index in [1.165, 1.54) is 6.92 Å². The Morgan fingerprint density at radius 3 is 2.92 bits per heavy atom. The number of carbonyl (C=O) groups is 1. The van der Waals surface area contributed by atoms with Gasteiger partial charge in [-0.25, -0.2) is 4.79 Å². The molecule has 3 N–H and O–H groups in total. The van der Waals surface area contributed by atoms with E-state index in [9.17, 15) is 9.90 Å². The highest BCUT2D eigenvalue weighted by Crippen LogP contribution is 2.07. The first-order chi connectivity index (χ1) is 6.11. The van der Waals surface area contributed by atoms with Crippen LogP contribution in [0.1, 0.15) is 13.2 Å². The number of carbonyl (C=O) groups excluding carboxylic acids is 1. The van der Waals surface area contributed by atoms with Crippen molar-refractivity contribution in [1.82, 2.24) is 20.2 Å². The molecule has 1 heterocycles. The van der Waals surface area contributed by atoms with E-state index in [0.717, 1.165) is 11.1 Å². The van der Waals surface area contributed by atoms with Crippen molar-refractivity contribution in [3.63, 3.8) is 0 Å². The van der Waals surface area contributed by atoms with Gasteiger partial charge in [0.1, 0.15) is 6.10 Å². The van der Waals surface area contributed by atoms with Crippen LogP contribution in [0.5, 0.6) is 0 Å². The number of primary amides is 1. The van der Waals surface area contributed by atoms with Crippen molar-refractivity contribution < 1.29 is 14.6 Å². The number of hydrogen-bond acceptors (Lipinski definition) is 6. The SMILES string of the molecule is CC(OC(N)=O)C(O)n1ncnn1. The van der Waals surface area contributed by atoms with Gasteiger partial charge in [-0.1, -0.05) is 0 Å². The van der Waals surface area contributed by atoms with Crippen molar-refractivity contribution in [2.45, 2.75) is 19.3 Å². The van der Waals surface area contributed by atoms with Gasteiger partial charge in [-0.15, -0.1) is 15.0 Å². The van der Waals surface area contributed by atoms with Gasteiger partial charge in [0, 0.05) is 0 Å². The number of nitrogens with two attached hydrogens (primary N) is 1. The van der Waals surface area contributed by atoms with Crippen molar-refractivity contribution in [2.24, 2.45) is 5.73 Å². The molecule has 0 aromatic carbocycles. The summed E-state index contributed by atoms with van der Waals surface area (Å²) in [7, 11) is 0. The lowest BCUT2D eigenvalue weighted by molar-refractivity contribution is -0.0415. The smallest absolute Gasteiger partial charge is 0.404 e. The largest absolute Gasteiger partial charge is 0.442 e. The number of aliphatic hydroxyl groups is 1. The Labute approximate surface area is 73.3 Å². The summed E-state index contributed by atoms with van der Waals surface area (Å²) >= 11 is 0. The number of aromatic nitrogens is 4. The first-order valence-corrected chi connectivity index (χ1v) is 3.48. The van der Waals surface area contributed by atoms with Gasteiger partial charge in [-0.05, 0) is 12.1 Å². The van der Waals surface area contributed by atoms with Crippen LogP contribution in [-0.2, 0) is 4.74 Å². The standard InChI is InChI=1S/C5H9N5O3/c1-3(13-5(6)12)4(11)10-8-2-7-9-10/h2-4,11H,1H3,(H2,6,12). The molecular weight excluding hydrogens is 178 g/mol. The maximum atomic E-state index is 10.3. The first kappa shape index (κ1) is 9.39. The van der Waals surface area contributed by atoms with Crippen LogP contribution >= 0.6 is 0 Å². The Balaban J connectivity index is 2.57. The molecule has 8 nitrogen and oxygen atoms in total. The summed E-state index contributed by atoms with van der Waals surface area (Å²) in [5, 5.41) is 19.7. The van der Waals surface area contributed by atoms with Crippen molar-refractivity contribution in [1.29, 1.82) is 0 Å². The van der Waals surface area contributed by atoms with Gasteiger partial charge in [0.25, 0.3) is 0 Å². The topological polar surface area (TPSA) is 116 Å². The third-order valence-corrected chi connectivity index (χ3v) is 1.32. The van der Waals surface area contributed by atoms with Crippen molar-refractivity contribution >= 4 is 6.09 Å². The molecule has 0 aliphatic rings. The molecule has 1 aromatic heterocycles. The molecule has 0 saturated carbocycles. The second-order valence-corrected chi connectivity index (χ2v) is 2.31. The molecule has 13 heavy (non-hydrogen) atoms. The fourth-order valence-electron chi connectivity index (χ4n) is 0.728. The second kappa shape index (κ2) is 3.81. The second-order valence-electron chi connectivity index (χ2n) is 2.31. The summed E-state index contributed by atoms with van der Waals surface area (Å²) in [6.07, 6.45) is -1.83. The first-order valence-electron chi connectivity index (χ1n) is 3.48. The van der Waals surface area contributed by atoms with Gasteiger partial charge < -0.3 is 15.6 Å². The molecule has 2 unspecified atom stereocenters. The molecule has 8 heteroatoms. The summed E-state index contributed by atoms with van der Waals surface area (Å²) in [5.41, 5.74) is 4.75. The zero-order valence-corrected chi connectivity index (χ0v) is 6.86. The highest BCUT2D eigenvalue weighted by Gasteiger charge is 2.20. The van der Waals surface area contributed by atoms with Crippen molar-refractivity contribution in [3.05, 3.63) is 6.33 Å². The normalized spacial score (nSPS) is 14.9. The van der Waals surface area contributed by atoms with E-state index in [4.69, 9.17) is 5.73 Å². The van der Waals surface area contributed by atoms with Gasteiger partial charge >= 0.3 is 6.09 Å². The van der Waals surface area contributed by atoms with Crippen LogP contribution in [0.3, 0.4) is 0 Å². The van der Waals surface area contributed by atoms with Crippen LogP contribution in [0.2, 0.25) is 0 Å². The molecule has 0 radical (unpaired) electrons. The Bertz CT molecular complexity index is 274. The van der Waals surface area contributed by atoms with E-state index >= 15 is 0 Å². The van der Waals surface area contributed by atoms with Crippen molar-refractivity contribution in [2.75, 3.05) is 0 Å². The molecule has 0 spiro atoms. The summed E-state index contributed by atoms with van der Waals surface area (Å²) < 4.78 is 4.50. The number of nitrogens with zero attached hydrogens (tertiary/aromatic N) is 4. The van der Waals surface area contributed by atoms with Gasteiger partial charge in [0.15, 0.2) is 6.33 Å². The van der Waals surface area contributed by atoms with Crippen LogP contribution in [0.25, 0.3) is 0 Å². The van der Waals surface area contributed by atoms with E-state index in [-0.39, 0.29) is 0 Å². The Kier molecular flexibility index (Phi) is 2.75. The maximum absolute atomic E-state index is 10.3. The minimum absolute atomic E-state index is 0.827. The van der Waals surface area contributed by atoms with E-state index in [2.05, 4.69) is 20.1 Å². The summed E-state index contributed by atoms with van der Waals surface area (Å²) in [4.78, 5) is 11.2. The predicted octanol–water partition coefficient (Wildman–Crippen LogP) is -1.35. The molecule has 0 saturated heterocycles. The Hall–Kier alpha value is -1.70. The lowest BCUT2D eigenvalue weighted by atomic mass is 10.4. The lowest BCUT2D eigenvalue weighted by Gasteiger charge is -2.16. The van der Waals surface area contributed by atoms with Crippen LogP contribution < -0.4 is 5.73 Å². The van der Waals surface area contributed by atoms with Crippen LogP contribution in [0.4, 0.5) is 4.79 Å². The molecule has 1 amide bonds. The molecule has 0 bridgehead atoms. The molecule has 0 aliphatic heterocycles. The molecular formula is C5H9N5O3. The zero-order chi connectivity index (χ0) is 9.84. The zero-order valence-electron chi connectivity index (χ0n) is 6.86. The highest BCUT2D eigenvalue weighted by atomic mass is 16.6. The number of tetrazole rings is 1. The van der Waals surface area contributed by atoms with E-state index < -0.39 is 18.4 Å². The third kappa shape index (κ3) is 2.37. The van der Waals surface area contributed by atoms with Gasteiger partial charge in [0.2, 0.25) is 6.23 Å². The number of amides is 1. The predicted molar refractivity (Wildman–Crippen MR) is 39.2 cm³/mol. The van der Waals surface area contributed by atoms with Gasteiger partial charge in [-0.2, -0.15) is 0 Å². The van der Waals surface area contributed by atoms with Gasteiger partial charge in [-0.3, -0.25) is 0 Å². The average molecular weight is 187 g/mol. The molecule has 0 fully saturated rings. The molecule has 72 valence electrons. The minimum atomic E-state index is -1.19. The Morgan fingerprint density at radius 1 is 1.77 bits per heavy atom. The summed E-state index contributed by atoms with van der Waals surface area (Å²) in [5.74, 6) is 0. The minimum Gasteiger partial charge on any atom is -0.442 e. The summed E-state index contributed by atoms with van der Waals surface area (Å²) in [6, 6.07) is 0. The van der Waals surface area contributed by atoms with E-state index in [1.54, 1.807) is 0 Å². The van der Waals surface area contributed by atoms with Gasteiger partial charge in [0.05, 0.1) is 0 Å². The number of rotatable bonds is 3. The van der Waals surface area contributed by atoms with Crippen LogP contribution in [0, 0.1) is 0 Å². The molecule has 1 aromatic rings. The van der Waals surface area contributed by atoms with Crippen LogP contribution in [-0.4, -0.2) is 37.5 Å². The molecule has 1 rings (SSSR count). The quantitative estimate of drug-likeness (QED) is 0.604. The van der Waals surface area contributed by atoms with Crippen LogP contribution in [0.15, 0.2) is 6.33 Å². The molecule has 2 atom stereocenters. The summed E-state index contributed by atoms with van der Waals surface area (Å²) in [6.45, 7) is 1.46. The van der Waals surface area contributed by atoms with E-state index in [1.807, 2.05) is 0 Å². The number of hydrogen-bond donors (Lipinski definition) is 2. The number of ether oxygens (including phenoxy) is 1. The average Bonchev–Trinajstić information content (AvgIpc) is 2.53. The number of aliphatic hydroxyl groups excluding tert-OH is 1. The third-order valence-electron chi connectivity index (χ3n) is 1.32. The fraction of sp³-hybridized carbons (Fsp3) is 0.600. The molecule has 0 aliphatic carbocycles. The monoisotopic (exact) mass is 187 g/mol. The Morgan fingerprint density at radius 2 is 2.46 bits per heavy atom. The fourth-order valence-corrected chi connectivity index (χ4v) is 0.728. The lowest BCUT2D eigenvalue weighted by Crippen LogP contribution is -2.30. The highest BCUT2D eigenvalue weighted by molar-refractivity contribution is 5.64.